The summed E-state index contributed by atoms with van der Waals surface area (Å²) in [5, 5.41) is 12.2. The van der Waals surface area contributed by atoms with E-state index in [4.69, 9.17) is 0 Å². The van der Waals surface area contributed by atoms with E-state index in [1.807, 2.05) is 29.2 Å². The summed E-state index contributed by atoms with van der Waals surface area (Å²) < 4.78 is 0.984. The summed E-state index contributed by atoms with van der Waals surface area (Å²) in [4.78, 5) is 13.7. The zero-order valence-electron chi connectivity index (χ0n) is 9.40. The fourth-order valence-corrected chi connectivity index (χ4v) is 2.16. The Morgan fingerprint density at radius 3 is 2.76 bits per heavy atom. The molecule has 1 atom stereocenters. The van der Waals surface area contributed by atoms with Crippen molar-refractivity contribution in [1.82, 2.24) is 4.90 Å². The maximum absolute atomic E-state index is 11.7. The molecule has 1 aliphatic rings. The first-order valence-electron chi connectivity index (χ1n) is 5.59. The molecule has 5 heteroatoms. The topological polar surface area (TPSA) is 52.6 Å². The fraction of sp³-hybridized carbons (Fsp3) is 0.417. The standard InChI is InChI=1S/C12H15BrN2O2/c13-9-1-3-10(4-2-9)14-12(17)8-15-6-5-11(16)7-15/h1-4,11,16H,5-8H2,(H,14,17)/t11-/m0/s1. The van der Waals surface area contributed by atoms with Crippen LogP contribution in [0.4, 0.5) is 5.69 Å². The number of likely N-dealkylation sites (tertiary alicyclic amines) is 1. The van der Waals surface area contributed by atoms with Crippen molar-refractivity contribution in [1.29, 1.82) is 0 Å². The van der Waals surface area contributed by atoms with Crippen LogP contribution in [0.2, 0.25) is 0 Å². The number of halogens is 1. The smallest absolute Gasteiger partial charge is 0.238 e. The summed E-state index contributed by atoms with van der Waals surface area (Å²) in [5.41, 5.74) is 0.790. The summed E-state index contributed by atoms with van der Waals surface area (Å²) in [6.45, 7) is 1.72. The van der Waals surface area contributed by atoms with Crippen LogP contribution in [0, 0.1) is 0 Å². The number of hydrogen-bond acceptors (Lipinski definition) is 3. The Kier molecular flexibility index (Phi) is 4.15. The second-order valence-electron chi connectivity index (χ2n) is 4.23. The summed E-state index contributed by atoms with van der Waals surface area (Å²) in [6, 6.07) is 7.46. The minimum Gasteiger partial charge on any atom is -0.392 e. The molecule has 0 aromatic heterocycles. The van der Waals surface area contributed by atoms with E-state index >= 15 is 0 Å². The Balaban J connectivity index is 1.83. The van der Waals surface area contributed by atoms with E-state index in [0.29, 0.717) is 13.1 Å². The highest BCUT2D eigenvalue weighted by Gasteiger charge is 2.21. The number of carbonyl (C=O) groups is 1. The van der Waals surface area contributed by atoms with Gasteiger partial charge in [-0.1, -0.05) is 15.9 Å². The van der Waals surface area contributed by atoms with Gasteiger partial charge in [0.2, 0.25) is 5.91 Å². The van der Waals surface area contributed by atoms with Crippen molar-refractivity contribution in [3.8, 4) is 0 Å². The Morgan fingerprint density at radius 1 is 1.47 bits per heavy atom. The first-order valence-corrected chi connectivity index (χ1v) is 6.38. The Hall–Kier alpha value is -0.910. The van der Waals surface area contributed by atoms with Crippen LogP contribution in [0.3, 0.4) is 0 Å². The Bertz CT molecular complexity index is 394. The maximum atomic E-state index is 11.7. The van der Waals surface area contributed by atoms with Gasteiger partial charge in [-0.3, -0.25) is 9.69 Å². The van der Waals surface area contributed by atoms with Gasteiger partial charge in [-0.05, 0) is 30.7 Å². The second kappa shape index (κ2) is 5.62. The molecule has 0 spiro atoms. The minimum atomic E-state index is -0.282. The highest BCUT2D eigenvalue weighted by Crippen LogP contribution is 2.14. The molecule has 1 aliphatic heterocycles. The third-order valence-corrected chi connectivity index (χ3v) is 3.27. The van der Waals surface area contributed by atoms with Gasteiger partial charge in [0, 0.05) is 23.2 Å². The number of anilines is 1. The zero-order chi connectivity index (χ0) is 12.3. The molecule has 4 nitrogen and oxygen atoms in total. The molecule has 1 saturated heterocycles. The molecule has 0 saturated carbocycles. The van der Waals surface area contributed by atoms with E-state index in [2.05, 4.69) is 21.2 Å². The van der Waals surface area contributed by atoms with Crippen LogP contribution in [0.25, 0.3) is 0 Å². The van der Waals surface area contributed by atoms with Crippen molar-refractivity contribution in [2.45, 2.75) is 12.5 Å². The monoisotopic (exact) mass is 298 g/mol. The average molecular weight is 299 g/mol. The molecule has 1 amide bonds. The van der Waals surface area contributed by atoms with Crippen LogP contribution in [0.5, 0.6) is 0 Å². The fourth-order valence-electron chi connectivity index (χ4n) is 1.89. The van der Waals surface area contributed by atoms with Crippen molar-refractivity contribution < 1.29 is 9.90 Å². The lowest BCUT2D eigenvalue weighted by Gasteiger charge is -2.14. The molecule has 0 unspecified atom stereocenters. The highest BCUT2D eigenvalue weighted by molar-refractivity contribution is 9.10. The van der Waals surface area contributed by atoms with Gasteiger partial charge in [0.1, 0.15) is 0 Å². The third-order valence-electron chi connectivity index (χ3n) is 2.74. The van der Waals surface area contributed by atoms with E-state index < -0.39 is 0 Å². The quantitative estimate of drug-likeness (QED) is 0.888. The molecule has 0 aliphatic carbocycles. The summed E-state index contributed by atoms with van der Waals surface area (Å²) in [5.74, 6) is -0.0403. The summed E-state index contributed by atoms with van der Waals surface area (Å²) in [7, 11) is 0. The third kappa shape index (κ3) is 3.80. The van der Waals surface area contributed by atoms with Crippen LogP contribution in [0.15, 0.2) is 28.7 Å². The van der Waals surface area contributed by atoms with Crippen LogP contribution in [-0.2, 0) is 4.79 Å². The van der Waals surface area contributed by atoms with Crippen LogP contribution < -0.4 is 5.32 Å². The predicted molar refractivity (Wildman–Crippen MR) is 69.8 cm³/mol. The van der Waals surface area contributed by atoms with Crippen LogP contribution in [0.1, 0.15) is 6.42 Å². The van der Waals surface area contributed by atoms with E-state index in [9.17, 15) is 9.90 Å². The number of β-amino-alcohol motifs (C(OH)–C–C–N with tert-alkyl or cyclic N) is 1. The molecule has 92 valence electrons. The van der Waals surface area contributed by atoms with E-state index in [1.54, 1.807) is 0 Å². The molecular weight excluding hydrogens is 284 g/mol. The van der Waals surface area contributed by atoms with Gasteiger partial charge in [0.15, 0.2) is 0 Å². The number of aliphatic hydroxyl groups excluding tert-OH is 1. The molecular formula is C12H15BrN2O2. The number of hydrogen-bond donors (Lipinski definition) is 2. The van der Waals surface area contributed by atoms with E-state index in [-0.39, 0.29) is 12.0 Å². The largest absolute Gasteiger partial charge is 0.392 e. The van der Waals surface area contributed by atoms with E-state index in [1.165, 1.54) is 0 Å². The van der Waals surface area contributed by atoms with Crippen molar-refractivity contribution in [3.05, 3.63) is 28.7 Å². The number of rotatable bonds is 3. The number of amides is 1. The minimum absolute atomic E-state index is 0.0403. The van der Waals surface area contributed by atoms with Crippen molar-refractivity contribution in [2.75, 3.05) is 25.0 Å². The highest BCUT2D eigenvalue weighted by atomic mass is 79.9. The average Bonchev–Trinajstić information content (AvgIpc) is 2.67. The number of benzene rings is 1. The first kappa shape index (κ1) is 12.5. The van der Waals surface area contributed by atoms with Crippen LogP contribution >= 0.6 is 15.9 Å². The lowest BCUT2D eigenvalue weighted by molar-refractivity contribution is -0.117. The van der Waals surface area contributed by atoms with Gasteiger partial charge in [-0.2, -0.15) is 0 Å². The molecule has 2 rings (SSSR count). The van der Waals surface area contributed by atoms with Crippen LogP contribution in [-0.4, -0.2) is 41.7 Å². The van der Waals surface area contributed by atoms with Crippen molar-refractivity contribution in [3.63, 3.8) is 0 Å². The molecule has 2 N–H and O–H groups in total. The summed E-state index contributed by atoms with van der Waals surface area (Å²) >= 11 is 3.34. The number of aliphatic hydroxyl groups is 1. The predicted octanol–water partition coefficient (Wildman–Crippen LogP) is 1.45. The van der Waals surface area contributed by atoms with Crippen molar-refractivity contribution >= 4 is 27.5 Å². The molecule has 0 radical (unpaired) electrons. The molecule has 0 bridgehead atoms. The molecule has 1 fully saturated rings. The van der Waals surface area contributed by atoms with Crippen molar-refractivity contribution in [2.24, 2.45) is 0 Å². The lowest BCUT2D eigenvalue weighted by Crippen LogP contribution is -2.32. The zero-order valence-corrected chi connectivity index (χ0v) is 11.0. The van der Waals surface area contributed by atoms with Gasteiger partial charge in [-0.15, -0.1) is 0 Å². The molecule has 1 heterocycles. The Morgan fingerprint density at radius 2 is 2.18 bits per heavy atom. The number of nitrogens with one attached hydrogen (secondary N) is 1. The normalized spacial score (nSPS) is 20.5. The lowest BCUT2D eigenvalue weighted by atomic mass is 10.3. The van der Waals surface area contributed by atoms with E-state index in [0.717, 1.165) is 23.1 Å². The summed E-state index contributed by atoms with van der Waals surface area (Å²) in [6.07, 6.45) is 0.474. The first-order chi connectivity index (χ1) is 8.13. The number of nitrogens with zero attached hydrogens (tertiary/aromatic N) is 1. The molecule has 1 aromatic carbocycles. The second-order valence-corrected chi connectivity index (χ2v) is 5.15. The van der Waals surface area contributed by atoms with Gasteiger partial charge >= 0.3 is 0 Å². The Labute approximate surface area is 109 Å². The van der Waals surface area contributed by atoms with Gasteiger partial charge in [0.25, 0.3) is 0 Å². The number of carbonyl (C=O) groups excluding carboxylic acids is 1. The maximum Gasteiger partial charge on any atom is 0.238 e. The molecule has 17 heavy (non-hydrogen) atoms. The molecule has 1 aromatic rings. The van der Waals surface area contributed by atoms with Gasteiger partial charge < -0.3 is 10.4 Å². The van der Waals surface area contributed by atoms with Gasteiger partial charge in [-0.25, -0.2) is 0 Å². The SMILES string of the molecule is O=C(CN1CC[C@H](O)C1)Nc1ccc(Br)cc1. The van der Waals surface area contributed by atoms with Gasteiger partial charge in [0.05, 0.1) is 12.6 Å².